The van der Waals surface area contributed by atoms with Crippen LogP contribution in [-0.4, -0.2) is 91.1 Å². The van der Waals surface area contributed by atoms with E-state index in [0.29, 0.717) is 29.3 Å². The Labute approximate surface area is 192 Å². The number of hydrogen-bond donors (Lipinski definition) is 0. The van der Waals surface area contributed by atoms with E-state index in [-0.39, 0.29) is 10.6 Å². The van der Waals surface area contributed by atoms with E-state index in [9.17, 15) is 10.1 Å². The Hall–Kier alpha value is -2.00. The summed E-state index contributed by atoms with van der Waals surface area (Å²) < 4.78 is 0. The average Bonchev–Trinajstić information content (AvgIpc) is 3.37. The minimum Gasteiger partial charge on any atom is -0.350 e. The van der Waals surface area contributed by atoms with Crippen LogP contribution in [0.3, 0.4) is 0 Å². The van der Waals surface area contributed by atoms with Crippen LogP contribution in [0.4, 0.5) is 17.5 Å². The van der Waals surface area contributed by atoms with Gasteiger partial charge < -0.3 is 19.6 Å². The molecular weight excluding hydrogens is 406 g/mol. The second-order valence-electron chi connectivity index (χ2n) is 9.76. The molecule has 2 atom stereocenters. The first kappa shape index (κ1) is 24.6. The van der Waals surface area contributed by atoms with E-state index in [1.54, 1.807) is 6.92 Å². The van der Waals surface area contributed by atoms with Crippen molar-refractivity contribution in [2.75, 3.05) is 76.3 Å². The van der Waals surface area contributed by atoms with E-state index >= 15 is 0 Å². The molecule has 0 unspecified atom stereocenters. The second-order valence-corrected chi connectivity index (χ2v) is 9.76. The van der Waals surface area contributed by atoms with Crippen molar-refractivity contribution in [1.29, 1.82) is 0 Å². The summed E-state index contributed by atoms with van der Waals surface area (Å²) in [5.74, 6) is 2.24. The lowest BCUT2D eigenvalue weighted by Crippen LogP contribution is -2.31. The summed E-state index contributed by atoms with van der Waals surface area (Å²) in [6.45, 7) is 13.9. The van der Waals surface area contributed by atoms with Crippen molar-refractivity contribution in [3.63, 3.8) is 0 Å². The van der Waals surface area contributed by atoms with Crippen molar-refractivity contribution >= 4 is 17.5 Å². The molecule has 2 fully saturated rings. The van der Waals surface area contributed by atoms with E-state index in [0.717, 1.165) is 78.0 Å². The maximum absolute atomic E-state index is 11.9. The lowest BCUT2D eigenvalue weighted by molar-refractivity contribution is -0.385. The van der Waals surface area contributed by atoms with Gasteiger partial charge in [-0.2, -0.15) is 4.98 Å². The highest BCUT2D eigenvalue weighted by molar-refractivity contribution is 5.63. The van der Waals surface area contributed by atoms with Crippen LogP contribution in [0.15, 0.2) is 0 Å². The Kier molecular flexibility index (Phi) is 8.64. The van der Waals surface area contributed by atoms with Crippen LogP contribution in [-0.2, 0) is 0 Å². The van der Waals surface area contributed by atoms with Gasteiger partial charge in [-0.3, -0.25) is 10.1 Å². The first-order valence-corrected chi connectivity index (χ1v) is 12.2. The van der Waals surface area contributed by atoms with Crippen LogP contribution in [0.25, 0.3) is 0 Å². The highest BCUT2D eigenvalue weighted by Crippen LogP contribution is 2.35. The largest absolute Gasteiger partial charge is 0.350 e. The number of aryl methyl sites for hydroxylation is 1. The van der Waals surface area contributed by atoms with Gasteiger partial charge in [-0.1, -0.05) is 13.8 Å². The number of nitro groups is 1. The third-order valence-electron chi connectivity index (χ3n) is 6.72. The van der Waals surface area contributed by atoms with Crippen LogP contribution in [0.2, 0.25) is 0 Å². The molecule has 1 aromatic heterocycles. The van der Waals surface area contributed by atoms with Crippen molar-refractivity contribution in [3.05, 3.63) is 15.8 Å². The molecule has 0 amide bonds. The van der Waals surface area contributed by atoms with Gasteiger partial charge >= 0.3 is 5.69 Å². The highest BCUT2D eigenvalue weighted by Gasteiger charge is 2.34. The highest BCUT2D eigenvalue weighted by atomic mass is 16.6. The molecule has 0 saturated carbocycles. The van der Waals surface area contributed by atoms with Gasteiger partial charge in [0, 0.05) is 39.3 Å². The molecule has 2 saturated heterocycles. The SMILES string of the molecule is CCCN(C)C[C@H]1CCN(c2nc(N3CC[C@@H](CN(C)CCC)C3)nc(C)c2[N+](=O)[O-])C1. The Bertz CT molecular complexity index is 775. The first-order valence-electron chi connectivity index (χ1n) is 12.2. The van der Waals surface area contributed by atoms with E-state index in [1.807, 2.05) is 0 Å². The molecule has 180 valence electrons. The van der Waals surface area contributed by atoms with Crippen LogP contribution in [0.1, 0.15) is 45.2 Å². The third-order valence-corrected chi connectivity index (χ3v) is 6.72. The van der Waals surface area contributed by atoms with Crippen LogP contribution in [0.5, 0.6) is 0 Å². The Morgan fingerprint density at radius 1 is 0.969 bits per heavy atom. The zero-order valence-electron chi connectivity index (χ0n) is 20.6. The third kappa shape index (κ3) is 6.07. The summed E-state index contributed by atoms with van der Waals surface area (Å²) in [4.78, 5) is 30.0. The number of rotatable bonds is 11. The second kappa shape index (κ2) is 11.2. The maximum Gasteiger partial charge on any atom is 0.332 e. The summed E-state index contributed by atoms with van der Waals surface area (Å²) >= 11 is 0. The predicted octanol–water partition coefficient (Wildman–Crippen LogP) is 3.03. The van der Waals surface area contributed by atoms with Crippen LogP contribution in [0, 0.1) is 28.9 Å². The first-order chi connectivity index (χ1) is 15.3. The average molecular weight is 448 g/mol. The molecule has 9 heteroatoms. The van der Waals surface area contributed by atoms with Crippen LogP contribution >= 0.6 is 0 Å². The van der Waals surface area contributed by atoms with Crippen molar-refractivity contribution in [2.45, 2.75) is 46.5 Å². The van der Waals surface area contributed by atoms with E-state index in [1.165, 1.54) is 0 Å². The fourth-order valence-corrected chi connectivity index (χ4v) is 5.28. The molecule has 3 rings (SSSR count). The number of hydrogen-bond acceptors (Lipinski definition) is 8. The normalized spacial score (nSPS) is 21.3. The van der Waals surface area contributed by atoms with Gasteiger partial charge in [0.1, 0.15) is 5.69 Å². The minimum atomic E-state index is -0.308. The molecule has 32 heavy (non-hydrogen) atoms. The zero-order chi connectivity index (χ0) is 23.3. The zero-order valence-corrected chi connectivity index (χ0v) is 20.6. The molecule has 0 bridgehead atoms. The summed E-state index contributed by atoms with van der Waals surface area (Å²) in [5.41, 5.74) is 0.530. The van der Waals surface area contributed by atoms with Gasteiger partial charge in [0.25, 0.3) is 0 Å². The molecule has 2 aliphatic rings. The Balaban J connectivity index is 1.75. The molecule has 0 N–H and O–H groups in total. The lowest BCUT2D eigenvalue weighted by atomic mass is 10.1. The summed E-state index contributed by atoms with van der Waals surface area (Å²) in [6.07, 6.45) is 4.45. The maximum atomic E-state index is 11.9. The molecule has 0 radical (unpaired) electrons. The lowest BCUT2D eigenvalue weighted by Gasteiger charge is -2.24. The molecule has 3 heterocycles. The molecule has 0 spiro atoms. The topological polar surface area (TPSA) is 81.9 Å². The molecule has 0 aromatic carbocycles. The van der Waals surface area contributed by atoms with Gasteiger partial charge in [0.05, 0.1) is 4.92 Å². The summed E-state index contributed by atoms with van der Waals surface area (Å²) in [5, 5.41) is 11.9. The van der Waals surface area contributed by atoms with Crippen LogP contribution < -0.4 is 9.80 Å². The number of aromatic nitrogens is 2. The predicted molar refractivity (Wildman–Crippen MR) is 130 cm³/mol. The molecule has 0 aliphatic carbocycles. The van der Waals surface area contributed by atoms with E-state index in [4.69, 9.17) is 4.98 Å². The van der Waals surface area contributed by atoms with Gasteiger partial charge in [-0.15, -0.1) is 0 Å². The fraction of sp³-hybridized carbons (Fsp3) is 0.826. The standard InChI is InChI=1S/C23H41N7O2/c1-6-10-26(4)14-19-8-12-28(16-19)22-21(30(31)32)18(3)24-23(25-22)29-13-9-20(17-29)15-27(5)11-7-2/h19-20H,6-17H2,1-5H3/t19-,20+/m1/s1. The fourth-order valence-electron chi connectivity index (χ4n) is 5.28. The molecule has 2 aliphatic heterocycles. The van der Waals surface area contributed by atoms with Gasteiger partial charge in [0.2, 0.25) is 11.8 Å². The monoisotopic (exact) mass is 447 g/mol. The van der Waals surface area contributed by atoms with Crippen molar-refractivity contribution in [3.8, 4) is 0 Å². The van der Waals surface area contributed by atoms with Crippen molar-refractivity contribution in [2.24, 2.45) is 11.8 Å². The smallest absolute Gasteiger partial charge is 0.332 e. The quantitative estimate of drug-likeness (QED) is 0.378. The number of nitrogens with zero attached hydrogens (tertiary/aromatic N) is 7. The molecule has 1 aromatic rings. The number of anilines is 2. The van der Waals surface area contributed by atoms with E-state index < -0.39 is 0 Å². The minimum absolute atomic E-state index is 0.0646. The van der Waals surface area contributed by atoms with Gasteiger partial charge in [-0.05, 0) is 71.6 Å². The van der Waals surface area contributed by atoms with Crippen molar-refractivity contribution < 1.29 is 4.92 Å². The van der Waals surface area contributed by atoms with E-state index in [2.05, 4.69) is 52.5 Å². The molecular formula is C23H41N7O2. The molecule has 9 nitrogen and oxygen atoms in total. The summed E-state index contributed by atoms with van der Waals surface area (Å²) in [6, 6.07) is 0. The van der Waals surface area contributed by atoms with Crippen molar-refractivity contribution in [1.82, 2.24) is 19.8 Å². The van der Waals surface area contributed by atoms with Gasteiger partial charge in [-0.25, -0.2) is 4.98 Å². The Morgan fingerprint density at radius 3 is 2.03 bits per heavy atom. The van der Waals surface area contributed by atoms with Gasteiger partial charge in [0.15, 0.2) is 0 Å². The Morgan fingerprint density at radius 2 is 1.50 bits per heavy atom. The summed E-state index contributed by atoms with van der Waals surface area (Å²) in [7, 11) is 4.34.